The zero-order valence-electron chi connectivity index (χ0n) is 30.6. The van der Waals surface area contributed by atoms with E-state index in [0.29, 0.717) is 55.6 Å². The molecule has 53 heavy (non-hydrogen) atoms. The number of aliphatic carboxylic acids is 1. The van der Waals surface area contributed by atoms with Crippen molar-refractivity contribution in [1.82, 2.24) is 39.6 Å². The predicted molar refractivity (Wildman–Crippen MR) is 202 cm³/mol. The van der Waals surface area contributed by atoms with Crippen LogP contribution in [-0.2, 0) is 21.5 Å². The van der Waals surface area contributed by atoms with Gasteiger partial charge in [-0.15, -0.1) is 5.10 Å². The number of anilines is 1. The lowest BCUT2D eigenvalue weighted by Crippen LogP contribution is -2.42. The van der Waals surface area contributed by atoms with E-state index in [1.807, 2.05) is 30.9 Å². The van der Waals surface area contributed by atoms with E-state index in [0.717, 1.165) is 68.8 Å². The Labute approximate surface area is 309 Å². The van der Waals surface area contributed by atoms with Gasteiger partial charge >= 0.3 is 5.97 Å². The number of benzene rings is 3. The van der Waals surface area contributed by atoms with E-state index in [1.54, 1.807) is 18.2 Å². The van der Waals surface area contributed by atoms with E-state index in [9.17, 15) is 14.7 Å². The Balaban J connectivity index is 1.04. The second-order valence-electron chi connectivity index (χ2n) is 14.2. The van der Waals surface area contributed by atoms with Crippen molar-refractivity contribution >= 4 is 28.9 Å². The van der Waals surface area contributed by atoms with E-state index in [-0.39, 0.29) is 11.3 Å². The quantitative estimate of drug-likeness (QED) is 0.136. The number of carbonyl (C=O) groups excluding carboxylic acids is 1. The maximum Gasteiger partial charge on any atom is 0.310 e. The van der Waals surface area contributed by atoms with Crippen LogP contribution in [0.25, 0.3) is 16.7 Å². The van der Waals surface area contributed by atoms with Gasteiger partial charge in [0.25, 0.3) is 5.91 Å². The van der Waals surface area contributed by atoms with Gasteiger partial charge < -0.3 is 29.5 Å². The molecule has 1 amide bonds. The number of ether oxygens (including phenoxy) is 1. The number of piperidine rings is 1. The van der Waals surface area contributed by atoms with E-state index < -0.39 is 11.9 Å². The van der Waals surface area contributed by atoms with E-state index in [1.165, 1.54) is 16.6 Å². The Morgan fingerprint density at radius 2 is 1.79 bits per heavy atom. The highest BCUT2D eigenvalue weighted by molar-refractivity contribution is 5.98. The van der Waals surface area contributed by atoms with Crippen LogP contribution in [0.4, 0.5) is 5.95 Å². The van der Waals surface area contributed by atoms with E-state index in [2.05, 4.69) is 72.8 Å². The molecular formula is C40H49N9O4. The number of amides is 1. The van der Waals surface area contributed by atoms with Crippen LogP contribution in [0.2, 0.25) is 0 Å². The van der Waals surface area contributed by atoms with E-state index >= 15 is 0 Å². The van der Waals surface area contributed by atoms with Gasteiger partial charge in [0.15, 0.2) is 0 Å². The molecule has 4 heterocycles. The number of rotatable bonds is 15. The Morgan fingerprint density at radius 1 is 1.00 bits per heavy atom. The number of carboxylic acid groups (broad SMARTS) is 1. The van der Waals surface area contributed by atoms with Gasteiger partial charge in [-0.25, -0.2) is 9.67 Å². The lowest BCUT2D eigenvalue weighted by molar-refractivity contribution is -0.138. The third-order valence-corrected chi connectivity index (χ3v) is 11.1. The highest BCUT2D eigenvalue weighted by Gasteiger charge is 2.42. The number of aromatic nitrogens is 6. The largest absolute Gasteiger partial charge is 0.481 e. The Kier molecular flexibility index (Phi) is 11.1. The van der Waals surface area contributed by atoms with Gasteiger partial charge in [-0.1, -0.05) is 55.5 Å². The van der Waals surface area contributed by atoms with Crippen molar-refractivity contribution in [2.45, 2.75) is 69.9 Å². The first kappa shape index (κ1) is 36.2. The highest BCUT2D eigenvalue weighted by atomic mass is 16.5. The first-order valence-electron chi connectivity index (χ1n) is 18.9. The molecule has 2 aliphatic rings. The molecule has 278 valence electrons. The number of para-hydroxylation sites is 2. The van der Waals surface area contributed by atoms with Crippen molar-refractivity contribution in [1.29, 1.82) is 0 Å². The van der Waals surface area contributed by atoms with Gasteiger partial charge in [0.05, 0.1) is 29.2 Å². The van der Waals surface area contributed by atoms with Crippen LogP contribution in [0.1, 0.15) is 73.4 Å². The van der Waals surface area contributed by atoms with Gasteiger partial charge in [0, 0.05) is 56.4 Å². The molecule has 2 N–H and O–H groups in total. The second kappa shape index (κ2) is 16.3. The molecular weight excluding hydrogens is 670 g/mol. The molecule has 2 atom stereocenters. The van der Waals surface area contributed by atoms with Crippen molar-refractivity contribution in [3.63, 3.8) is 0 Å². The average Bonchev–Trinajstić information content (AvgIpc) is 3.96. The second-order valence-corrected chi connectivity index (χ2v) is 14.2. The molecule has 0 aliphatic carbocycles. The number of tetrazole rings is 1. The number of fused-ring (bicyclic) bond motifs is 1. The summed E-state index contributed by atoms with van der Waals surface area (Å²) in [5.41, 5.74) is 4.63. The summed E-state index contributed by atoms with van der Waals surface area (Å²) in [5, 5.41) is 25.3. The summed E-state index contributed by atoms with van der Waals surface area (Å²) in [6.07, 6.45) is 5.61. The minimum Gasteiger partial charge on any atom is -0.481 e. The molecule has 13 heteroatoms. The molecule has 3 aromatic carbocycles. The summed E-state index contributed by atoms with van der Waals surface area (Å²) >= 11 is 0. The monoisotopic (exact) mass is 719 g/mol. The fraction of sp³-hybridized carbons (Fsp3) is 0.450. The number of carbonyl (C=O) groups is 2. The van der Waals surface area contributed by atoms with Crippen molar-refractivity contribution < 1.29 is 19.4 Å². The van der Waals surface area contributed by atoms with Crippen LogP contribution >= 0.6 is 0 Å². The molecule has 2 saturated heterocycles. The van der Waals surface area contributed by atoms with Gasteiger partial charge in [-0.05, 0) is 91.4 Å². The number of imidazole rings is 1. The third-order valence-electron chi connectivity index (χ3n) is 11.1. The Hall–Kier alpha value is -5.14. The van der Waals surface area contributed by atoms with Gasteiger partial charge in [0.2, 0.25) is 5.95 Å². The van der Waals surface area contributed by atoms with Crippen LogP contribution in [0.5, 0.6) is 0 Å². The minimum absolute atomic E-state index is 0.161. The summed E-state index contributed by atoms with van der Waals surface area (Å²) in [5.74, 6) is -1.00. The van der Waals surface area contributed by atoms with Gasteiger partial charge in [-0.2, -0.15) is 0 Å². The molecule has 0 radical (unpaired) electrons. The van der Waals surface area contributed by atoms with Crippen LogP contribution in [0.3, 0.4) is 0 Å². The zero-order valence-corrected chi connectivity index (χ0v) is 30.6. The lowest BCUT2D eigenvalue weighted by Gasteiger charge is -2.36. The zero-order chi connectivity index (χ0) is 36.8. The summed E-state index contributed by atoms with van der Waals surface area (Å²) in [6.45, 7) is 9.96. The SMILES string of the molecule is CCOCCn1c(NC2CCN(CCC3(c4ccccc4)CCN(C(=O)c4cc(-n5cnnn5)ccc4C(CC)C(=O)O)C3)CC2)nc2ccccc21. The fourth-order valence-corrected chi connectivity index (χ4v) is 8.14. The number of carboxylic acids is 1. The topological polar surface area (TPSA) is 144 Å². The summed E-state index contributed by atoms with van der Waals surface area (Å²) < 4.78 is 9.40. The van der Waals surface area contributed by atoms with Crippen LogP contribution in [0.15, 0.2) is 79.1 Å². The molecule has 2 aliphatic heterocycles. The molecule has 2 aromatic heterocycles. The number of likely N-dealkylation sites (tertiary alicyclic amines) is 2. The molecule has 5 aromatic rings. The molecule has 0 bridgehead atoms. The summed E-state index contributed by atoms with van der Waals surface area (Å²) in [7, 11) is 0. The normalized spacial score (nSPS) is 18.8. The number of hydrogen-bond donors (Lipinski definition) is 2. The maximum atomic E-state index is 14.4. The summed E-state index contributed by atoms with van der Waals surface area (Å²) in [4.78, 5) is 36.1. The molecule has 7 rings (SSSR count). The number of nitrogens with zero attached hydrogens (tertiary/aromatic N) is 8. The smallest absolute Gasteiger partial charge is 0.310 e. The molecule has 2 unspecified atom stereocenters. The Bertz CT molecular complexity index is 1990. The Morgan fingerprint density at radius 3 is 2.53 bits per heavy atom. The van der Waals surface area contributed by atoms with Gasteiger partial charge in [0.1, 0.15) is 6.33 Å². The van der Waals surface area contributed by atoms with Crippen LogP contribution in [0, 0.1) is 0 Å². The van der Waals surface area contributed by atoms with Crippen molar-refractivity contribution in [3.05, 3.63) is 95.8 Å². The van der Waals surface area contributed by atoms with E-state index in [4.69, 9.17) is 9.72 Å². The number of nitrogens with one attached hydrogen (secondary N) is 1. The molecule has 0 saturated carbocycles. The first-order chi connectivity index (χ1) is 25.9. The third kappa shape index (κ3) is 7.81. The summed E-state index contributed by atoms with van der Waals surface area (Å²) in [6, 6.07) is 24.4. The highest BCUT2D eigenvalue weighted by Crippen LogP contribution is 2.40. The fourth-order valence-electron chi connectivity index (χ4n) is 8.14. The average molecular weight is 720 g/mol. The van der Waals surface area contributed by atoms with Gasteiger partial charge in [-0.3, -0.25) is 9.59 Å². The van der Waals surface area contributed by atoms with Crippen molar-refractivity contribution in [3.8, 4) is 5.69 Å². The number of hydrogen-bond acceptors (Lipinski definition) is 9. The molecule has 0 spiro atoms. The molecule has 13 nitrogen and oxygen atoms in total. The standard InChI is InChI=1S/C40H49N9O4/c1-3-32(38(51)52)33-15-14-31(49-28-41-44-45-49)26-34(33)37(50)47-23-19-40(27-47,29-10-6-5-7-11-29)18-22-46-20-16-30(17-21-46)42-39-43-35-12-8-9-13-36(35)48(39)24-25-53-4-2/h5-15,26,28,30,32H,3-4,16-25,27H2,1-2H3,(H,42,43)(H,51,52). The van der Waals surface area contributed by atoms with Crippen molar-refractivity contribution in [2.75, 3.05) is 51.3 Å². The lowest BCUT2D eigenvalue weighted by atomic mass is 9.76. The predicted octanol–water partition coefficient (Wildman–Crippen LogP) is 5.38. The molecule has 2 fully saturated rings. The van der Waals surface area contributed by atoms with Crippen molar-refractivity contribution in [2.24, 2.45) is 0 Å². The van der Waals surface area contributed by atoms with Crippen LogP contribution in [-0.4, -0.2) is 109 Å². The van der Waals surface area contributed by atoms with Crippen LogP contribution < -0.4 is 5.32 Å². The first-order valence-corrected chi connectivity index (χ1v) is 18.9. The minimum atomic E-state index is -0.948. The maximum absolute atomic E-state index is 14.4.